The number of aliphatic hydroxyl groups excluding tert-OH is 1. The molecule has 92 valence electrons. The van der Waals surface area contributed by atoms with Gasteiger partial charge in [0, 0.05) is 25.2 Å². The standard InChI is InChI=1S/C12H18N4O/c17-10-3-5-16(6-4-10)12-7-11(13-8-14-12)15-9-1-2-9/h7-10,17H,1-6H2,(H,13,14,15). The molecule has 17 heavy (non-hydrogen) atoms. The molecule has 1 aliphatic carbocycles. The molecule has 0 atom stereocenters. The normalized spacial score (nSPS) is 21.6. The summed E-state index contributed by atoms with van der Waals surface area (Å²) < 4.78 is 0. The Balaban J connectivity index is 1.68. The van der Waals surface area contributed by atoms with Gasteiger partial charge in [-0.05, 0) is 25.7 Å². The second-order valence-electron chi connectivity index (χ2n) is 4.90. The maximum Gasteiger partial charge on any atom is 0.134 e. The molecule has 0 radical (unpaired) electrons. The Morgan fingerprint density at radius 3 is 2.65 bits per heavy atom. The third-order valence-corrected chi connectivity index (χ3v) is 3.37. The van der Waals surface area contributed by atoms with Gasteiger partial charge in [-0.15, -0.1) is 0 Å². The number of hydrogen-bond acceptors (Lipinski definition) is 5. The first kappa shape index (κ1) is 10.8. The fourth-order valence-electron chi connectivity index (χ4n) is 2.13. The number of hydrogen-bond donors (Lipinski definition) is 2. The van der Waals surface area contributed by atoms with Crippen LogP contribution in [0.4, 0.5) is 11.6 Å². The molecule has 1 saturated carbocycles. The van der Waals surface area contributed by atoms with Crippen molar-refractivity contribution < 1.29 is 5.11 Å². The molecular weight excluding hydrogens is 216 g/mol. The monoisotopic (exact) mass is 234 g/mol. The summed E-state index contributed by atoms with van der Waals surface area (Å²) in [5.41, 5.74) is 0. The SMILES string of the molecule is OC1CCN(c2cc(NC3CC3)ncn2)CC1. The Bertz CT molecular complexity index is 386. The van der Waals surface area contributed by atoms with Crippen LogP contribution in [0.25, 0.3) is 0 Å². The van der Waals surface area contributed by atoms with Gasteiger partial charge in [0.2, 0.25) is 0 Å². The number of anilines is 2. The van der Waals surface area contributed by atoms with Gasteiger partial charge in [0.15, 0.2) is 0 Å². The van der Waals surface area contributed by atoms with Crippen molar-refractivity contribution in [3.05, 3.63) is 12.4 Å². The van der Waals surface area contributed by atoms with Gasteiger partial charge < -0.3 is 15.3 Å². The van der Waals surface area contributed by atoms with Crippen molar-refractivity contribution in [1.29, 1.82) is 0 Å². The van der Waals surface area contributed by atoms with Gasteiger partial charge in [-0.1, -0.05) is 0 Å². The van der Waals surface area contributed by atoms with Crippen molar-refractivity contribution >= 4 is 11.6 Å². The Labute approximate surface area is 101 Å². The largest absolute Gasteiger partial charge is 0.393 e. The number of piperidine rings is 1. The minimum atomic E-state index is -0.142. The van der Waals surface area contributed by atoms with E-state index < -0.39 is 0 Å². The van der Waals surface area contributed by atoms with Gasteiger partial charge in [-0.3, -0.25) is 0 Å². The third kappa shape index (κ3) is 2.66. The number of aliphatic hydroxyl groups is 1. The predicted molar refractivity (Wildman–Crippen MR) is 66.1 cm³/mol. The molecule has 5 nitrogen and oxygen atoms in total. The van der Waals surface area contributed by atoms with Gasteiger partial charge in [-0.25, -0.2) is 9.97 Å². The molecule has 1 aromatic rings. The lowest BCUT2D eigenvalue weighted by molar-refractivity contribution is 0.145. The molecule has 2 aliphatic rings. The highest BCUT2D eigenvalue weighted by Crippen LogP contribution is 2.25. The minimum Gasteiger partial charge on any atom is -0.393 e. The average molecular weight is 234 g/mol. The summed E-state index contributed by atoms with van der Waals surface area (Å²) in [6.45, 7) is 1.75. The highest BCUT2D eigenvalue weighted by molar-refractivity contribution is 5.49. The van der Waals surface area contributed by atoms with E-state index in [0.717, 1.165) is 37.6 Å². The Morgan fingerprint density at radius 1 is 1.18 bits per heavy atom. The molecule has 3 rings (SSSR count). The summed E-state index contributed by atoms with van der Waals surface area (Å²) in [5, 5.41) is 12.9. The van der Waals surface area contributed by atoms with E-state index in [0.29, 0.717) is 6.04 Å². The zero-order chi connectivity index (χ0) is 11.7. The van der Waals surface area contributed by atoms with E-state index in [2.05, 4.69) is 20.2 Å². The van der Waals surface area contributed by atoms with E-state index in [1.807, 2.05) is 6.07 Å². The number of rotatable bonds is 3. The zero-order valence-corrected chi connectivity index (χ0v) is 9.84. The van der Waals surface area contributed by atoms with Crippen LogP contribution in [0.5, 0.6) is 0 Å². The second-order valence-corrected chi connectivity index (χ2v) is 4.90. The first-order chi connectivity index (χ1) is 8.31. The van der Waals surface area contributed by atoms with Crippen LogP contribution < -0.4 is 10.2 Å². The summed E-state index contributed by atoms with van der Waals surface area (Å²) >= 11 is 0. The number of nitrogens with one attached hydrogen (secondary N) is 1. The van der Waals surface area contributed by atoms with E-state index in [9.17, 15) is 5.11 Å². The lowest BCUT2D eigenvalue weighted by Gasteiger charge is -2.30. The molecule has 0 unspecified atom stereocenters. The summed E-state index contributed by atoms with van der Waals surface area (Å²) in [4.78, 5) is 10.8. The molecule has 1 saturated heterocycles. The topological polar surface area (TPSA) is 61.3 Å². The van der Waals surface area contributed by atoms with Crippen molar-refractivity contribution in [3.8, 4) is 0 Å². The summed E-state index contributed by atoms with van der Waals surface area (Å²) in [6, 6.07) is 2.62. The van der Waals surface area contributed by atoms with Crippen molar-refractivity contribution in [1.82, 2.24) is 9.97 Å². The Morgan fingerprint density at radius 2 is 1.94 bits per heavy atom. The van der Waals surface area contributed by atoms with Crippen LogP contribution in [0.1, 0.15) is 25.7 Å². The van der Waals surface area contributed by atoms with Gasteiger partial charge >= 0.3 is 0 Å². The van der Waals surface area contributed by atoms with Crippen molar-refractivity contribution in [2.45, 2.75) is 37.8 Å². The van der Waals surface area contributed by atoms with Crippen molar-refractivity contribution in [2.24, 2.45) is 0 Å². The molecule has 2 fully saturated rings. The fourth-order valence-corrected chi connectivity index (χ4v) is 2.13. The lowest BCUT2D eigenvalue weighted by atomic mass is 10.1. The number of nitrogens with zero attached hydrogens (tertiary/aromatic N) is 3. The Kier molecular flexibility index (Phi) is 2.84. The third-order valence-electron chi connectivity index (χ3n) is 3.37. The summed E-state index contributed by atoms with van der Waals surface area (Å²) in [5.74, 6) is 1.89. The van der Waals surface area contributed by atoms with Crippen LogP contribution in [0, 0.1) is 0 Å². The highest BCUT2D eigenvalue weighted by atomic mass is 16.3. The van der Waals surface area contributed by atoms with E-state index in [-0.39, 0.29) is 6.10 Å². The lowest BCUT2D eigenvalue weighted by Crippen LogP contribution is -2.36. The van der Waals surface area contributed by atoms with Gasteiger partial charge in [-0.2, -0.15) is 0 Å². The molecule has 0 aromatic carbocycles. The first-order valence-corrected chi connectivity index (χ1v) is 6.33. The maximum absolute atomic E-state index is 9.48. The summed E-state index contributed by atoms with van der Waals surface area (Å²) in [7, 11) is 0. The van der Waals surface area contributed by atoms with E-state index >= 15 is 0 Å². The average Bonchev–Trinajstić information content (AvgIpc) is 3.14. The molecule has 2 heterocycles. The smallest absolute Gasteiger partial charge is 0.134 e. The fraction of sp³-hybridized carbons (Fsp3) is 0.667. The zero-order valence-electron chi connectivity index (χ0n) is 9.84. The molecule has 2 N–H and O–H groups in total. The number of aromatic nitrogens is 2. The van der Waals surface area contributed by atoms with Crippen molar-refractivity contribution in [3.63, 3.8) is 0 Å². The molecule has 1 aromatic heterocycles. The van der Waals surface area contributed by atoms with Gasteiger partial charge in [0.05, 0.1) is 6.10 Å². The van der Waals surface area contributed by atoms with E-state index in [4.69, 9.17) is 0 Å². The summed E-state index contributed by atoms with van der Waals surface area (Å²) in [6.07, 6.45) is 5.62. The van der Waals surface area contributed by atoms with Crippen LogP contribution >= 0.6 is 0 Å². The van der Waals surface area contributed by atoms with E-state index in [1.165, 1.54) is 12.8 Å². The molecule has 5 heteroatoms. The first-order valence-electron chi connectivity index (χ1n) is 6.33. The van der Waals surface area contributed by atoms with Crippen LogP contribution in [-0.4, -0.2) is 40.3 Å². The molecule has 1 aliphatic heterocycles. The van der Waals surface area contributed by atoms with Gasteiger partial charge in [0.1, 0.15) is 18.0 Å². The van der Waals surface area contributed by atoms with Crippen molar-refractivity contribution in [2.75, 3.05) is 23.3 Å². The second kappa shape index (κ2) is 4.49. The highest BCUT2D eigenvalue weighted by Gasteiger charge is 2.22. The van der Waals surface area contributed by atoms with Gasteiger partial charge in [0.25, 0.3) is 0 Å². The maximum atomic E-state index is 9.48. The van der Waals surface area contributed by atoms with Crippen LogP contribution in [0.2, 0.25) is 0 Å². The molecule has 0 amide bonds. The minimum absolute atomic E-state index is 0.142. The molecule has 0 spiro atoms. The Hall–Kier alpha value is -1.36. The van der Waals surface area contributed by atoms with Crippen LogP contribution in [-0.2, 0) is 0 Å². The quantitative estimate of drug-likeness (QED) is 0.817. The van der Waals surface area contributed by atoms with E-state index in [1.54, 1.807) is 6.33 Å². The predicted octanol–water partition coefficient (Wildman–Crippen LogP) is 1.01. The molecule has 0 bridgehead atoms. The molecular formula is C12H18N4O. The van der Waals surface area contributed by atoms with Crippen LogP contribution in [0.3, 0.4) is 0 Å². The van der Waals surface area contributed by atoms with Crippen LogP contribution in [0.15, 0.2) is 12.4 Å².